The molecule has 0 saturated carbocycles. The summed E-state index contributed by atoms with van der Waals surface area (Å²) in [5, 5.41) is 9.13. The molecular formula is C19H14N4O. The van der Waals surface area contributed by atoms with Gasteiger partial charge in [-0.05, 0) is 41.1 Å². The molecule has 0 aliphatic carbocycles. The summed E-state index contributed by atoms with van der Waals surface area (Å²) in [6.07, 6.45) is 5.13. The van der Waals surface area contributed by atoms with E-state index in [9.17, 15) is 4.79 Å². The van der Waals surface area contributed by atoms with Crippen LogP contribution in [0.2, 0.25) is 0 Å². The second kappa shape index (κ2) is 5.96. The number of carbonyl (C=O) groups is 1. The van der Waals surface area contributed by atoms with Crippen molar-refractivity contribution in [2.45, 2.75) is 0 Å². The Labute approximate surface area is 138 Å². The maximum atomic E-state index is 12.4. The van der Waals surface area contributed by atoms with Crippen LogP contribution in [0, 0.1) is 0 Å². The number of aromatic nitrogens is 3. The molecule has 2 heterocycles. The zero-order valence-corrected chi connectivity index (χ0v) is 12.8. The van der Waals surface area contributed by atoms with Crippen molar-refractivity contribution in [3.05, 3.63) is 84.8 Å². The fourth-order valence-corrected chi connectivity index (χ4v) is 2.53. The van der Waals surface area contributed by atoms with Gasteiger partial charge in [0, 0.05) is 18.0 Å². The third kappa shape index (κ3) is 2.75. The van der Waals surface area contributed by atoms with Crippen molar-refractivity contribution in [1.82, 2.24) is 14.8 Å². The third-order valence-electron chi connectivity index (χ3n) is 3.76. The first-order valence-corrected chi connectivity index (χ1v) is 7.56. The summed E-state index contributed by atoms with van der Waals surface area (Å²) in [6, 6.07) is 19.1. The molecular weight excluding hydrogens is 300 g/mol. The molecule has 116 valence electrons. The van der Waals surface area contributed by atoms with Crippen LogP contribution >= 0.6 is 0 Å². The van der Waals surface area contributed by atoms with Crippen molar-refractivity contribution in [3.63, 3.8) is 0 Å². The smallest absolute Gasteiger partial charge is 0.255 e. The highest BCUT2D eigenvalue weighted by atomic mass is 16.1. The van der Waals surface area contributed by atoms with Crippen LogP contribution < -0.4 is 5.32 Å². The van der Waals surface area contributed by atoms with Gasteiger partial charge in [0.1, 0.15) is 0 Å². The van der Waals surface area contributed by atoms with Gasteiger partial charge in [0.25, 0.3) is 5.91 Å². The van der Waals surface area contributed by atoms with Crippen LogP contribution in [-0.4, -0.2) is 20.7 Å². The Morgan fingerprint density at radius 3 is 2.58 bits per heavy atom. The van der Waals surface area contributed by atoms with E-state index in [1.54, 1.807) is 17.1 Å². The van der Waals surface area contributed by atoms with Gasteiger partial charge in [0.05, 0.1) is 11.9 Å². The Hall–Kier alpha value is -3.47. The van der Waals surface area contributed by atoms with Crippen molar-refractivity contribution < 1.29 is 4.79 Å². The highest BCUT2D eigenvalue weighted by molar-refractivity contribution is 6.06. The van der Waals surface area contributed by atoms with Gasteiger partial charge < -0.3 is 5.32 Å². The van der Waals surface area contributed by atoms with Crippen LogP contribution in [0.3, 0.4) is 0 Å². The summed E-state index contributed by atoms with van der Waals surface area (Å²) in [7, 11) is 0. The summed E-state index contributed by atoms with van der Waals surface area (Å²) in [6.45, 7) is 0. The molecule has 0 atom stereocenters. The van der Waals surface area contributed by atoms with Crippen LogP contribution in [0.5, 0.6) is 0 Å². The molecule has 0 spiro atoms. The Morgan fingerprint density at radius 2 is 1.83 bits per heavy atom. The molecule has 4 aromatic rings. The van der Waals surface area contributed by atoms with E-state index in [-0.39, 0.29) is 5.91 Å². The number of carbonyl (C=O) groups excluding carboxylic acids is 1. The normalized spacial score (nSPS) is 10.7. The summed E-state index contributed by atoms with van der Waals surface area (Å²) >= 11 is 0. The van der Waals surface area contributed by atoms with E-state index in [0.717, 1.165) is 10.8 Å². The standard InChI is InChI=1S/C19H14N4O/c24-19(16-7-6-14-4-1-2-5-15(14)12-16)22-17-8-9-18(20-13-17)23-11-3-10-21-23/h1-13H,(H,22,24). The zero-order valence-electron chi connectivity index (χ0n) is 12.8. The first kappa shape index (κ1) is 14.1. The summed E-state index contributed by atoms with van der Waals surface area (Å²) in [5.41, 5.74) is 1.26. The number of fused-ring (bicyclic) bond motifs is 1. The molecule has 0 saturated heterocycles. The van der Waals surface area contributed by atoms with Crippen molar-refractivity contribution in [2.75, 3.05) is 5.32 Å². The van der Waals surface area contributed by atoms with Crippen molar-refractivity contribution in [3.8, 4) is 5.82 Å². The maximum Gasteiger partial charge on any atom is 0.255 e. The van der Waals surface area contributed by atoms with Gasteiger partial charge in [0.2, 0.25) is 0 Å². The minimum atomic E-state index is -0.158. The monoisotopic (exact) mass is 314 g/mol. The number of nitrogens with zero attached hydrogens (tertiary/aromatic N) is 3. The minimum absolute atomic E-state index is 0.158. The first-order chi connectivity index (χ1) is 11.8. The SMILES string of the molecule is O=C(Nc1ccc(-n2cccn2)nc1)c1ccc2ccccc2c1. The molecule has 0 aliphatic heterocycles. The fourth-order valence-electron chi connectivity index (χ4n) is 2.53. The van der Waals surface area contributed by atoms with E-state index < -0.39 is 0 Å². The summed E-state index contributed by atoms with van der Waals surface area (Å²) in [4.78, 5) is 16.7. The Morgan fingerprint density at radius 1 is 0.958 bits per heavy atom. The number of pyridine rings is 1. The van der Waals surface area contributed by atoms with Crippen LogP contribution in [0.25, 0.3) is 16.6 Å². The van der Waals surface area contributed by atoms with Gasteiger partial charge in [-0.25, -0.2) is 9.67 Å². The Kier molecular flexibility index (Phi) is 3.51. The number of rotatable bonds is 3. The number of nitrogens with one attached hydrogen (secondary N) is 1. The van der Waals surface area contributed by atoms with E-state index >= 15 is 0 Å². The van der Waals surface area contributed by atoms with Gasteiger partial charge >= 0.3 is 0 Å². The largest absolute Gasteiger partial charge is 0.321 e. The first-order valence-electron chi connectivity index (χ1n) is 7.56. The predicted octanol–water partition coefficient (Wildman–Crippen LogP) is 3.67. The van der Waals surface area contributed by atoms with Crippen molar-refractivity contribution in [2.24, 2.45) is 0 Å². The molecule has 0 bridgehead atoms. The van der Waals surface area contributed by atoms with Crippen molar-refractivity contribution in [1.29, 1.82) is 0 Å². The van der Waals surface area contributed by atoms with Gasteiger partial charge in [-0.2, -0.15) is 5.10 Å². The highest BCUT2D eigenvalue weighted by Crippen LogP contribution is 2.17. The van der Waals surface area contributed by atoms with Crippen molar-refractivity contribution >= 4 is 22.4 Å². The molecule has 0 aliphatic rings. The lowest BCUT2D eigenvalue weighted by atomic mass is 10.1. The average Bonchev–Trinajstić information content (AvgIpc) is 3.16. The zero-order chi connectivity index (χ0) is 16.4. The lowest BCUT2D eigenvalue weighted by molar-refractivity contribution is 0.102. The van der Waals surface area contributed by atoms with Crippen LogP contribution in [0.1, 0.15) is 10.4 Å². The average molecular weight is 314 g/mol. The molecule has 0 fully saturated rings. The molecule has 5 nitrogen and oxygen atoms in total. The van der Waals surface area contributed by atoms with Gasteiger partial charge in [0.15, 0.2) is 5.82 Å². The minimum Gasteiger partial charge on any atom is -0.321 e. The molecule has 1 N–H and O–H groups in total. The molecule has 4 rings (SSSR count). The Bertz CT molecular complexity index is 992. The van der Waals surface area contributed by atoms with Crippen LogP contribution in [-0.2, 0) is 0 Å². The Balaban J connectivity index is 1.54. The quantitative estimate of drug-likeness (QED) is 0.627. The maximum absolute atomic E-state index is 12.4. The number of benzene rings is 2. The molecule has 1 amide bonds. The molecule has 24 heavy (non-hydrogen) atoms. The second-order valence-corrected chi connectivity index (χ2v) is 5.37. The number of hydrogen-bond donors (Lipinski definition) is 1. The van der Waals surface area contributed by atoms with E-state index in [0.29, 0.717) is 17.1 Å². The fraction of sp³-hybridized carbons (Fsp3) is 0. The van der Waals surface area contributed by atoms with Crippen LogP contribution in [0.4, 0.5) is 5.69 Å². The molecule has 5 heteroatoms. The second-order valence-electron chi connectivity index (χ2n) is 5.37. The molecule has 2 aromatic carbocycles. The molecule has 2 aromatic heterocycles. The lowest BCUT2D eigenvalue weighted by Crippen LogP contribution is -2.12. The molecule has 0 radical (unpaired) electrons. The van der Waals surface area contributed by atoms with Crippen LogP contribution in [0.15, 0.2) is 79.3 Å². The number of anilines is 1. The van der Waals surface area contributed by atoms with E-state index in [1.165, 1.54) is 0 Å². The van der Waals surface area contributed by atoms with Gasteiger partial charge in [-0.15, -0.1) is 0 Å². The van der Waals surface area contributed by atoms with Gasteiger partial charge in [-0.1, -0.05) is 30.3 Å². The van der Waals surface area contributed by atoms with E-state index in [1.807, 2.05) is 66.9 Å². The van der Waals surface area contributed by atoms with Gasteiger partial charge in [-0.3, -0.25) is 4.79 Å². The third-order valence-corrected chi connectivity index (χ3v) is 3.76. The van der Waals surface area contributed by atoms with E-state index in [2.05, 4.69) is 15.4 Å². The number of amides is 1. The van der Waals surface area contributed by atoms with E-state index in [4.69, 9.17) is 0 Å². The summed E-state index contributed by atoms with van der Waals surface area (Å²) in [5.74, 6) is 0.540. The highest BCUT2D eigenvalue weighted by Gasteiger charge is 2.07. The summed E-state index contributed by atoms with van der Waals surface area (Å²) < 4.78 is 1.66. The lowest BCUT2D eigenvalue weighted by Gasteiger charge is -2.07. The predicted molar refractivity (Wildman–Crippen MR) is 93.3 cm³/mol. The molecule has 0 unspecified atom stereocenters. The number of hydrogen-bond acceptors (Lipinski definition) is 3. The topological polar surface area (TPSA) is 59.8 Å².